The largest absolute Gasteiger partial charge is 0.493 e. The van der Waals surface area contributed by atoms with E-state index < -0.39 is 5.91 Å². The number of ether oxygens (including phenoxy) is 2. The van der Waals surface area contributed by atoms with Gasteiger partial charge in [-0.3, -0.25) is 14.4 Å². The molecule has 1 aromatic rings. The summed E-state index contributed by atoms with van der Waals surface area (Å²) in [6.07, 6.45) is 0. The third-order valence-corrected chi connectivity index (χ3v) is 2.67. The summed E-state index contributed by atoms with van der Waals surface area (Å²) in [6, 6.07) is 4.93. The molecule has 0 unspecified atom stereocenters. The molecule has 7 heteroatoms. The Balaban J connectivity index is 2.80. The minimum absolute atomic E-state index is 0.177. The van der Waals surface area contributed by atoms with Crippen molar-refractivity contribution in [2.24, 2.45) is 0 Å². The summed E-state index contributed by atoms with van der Waals surface area (Å²) in [5.74, 6) is -0.0400. The Morgan fingerprint density at radius 1 is 1.20 bits per heavy atom. The standard InChI is InChI=1S/C13H18N2O5/c1-15(20-4)11(16)8-14-13(17)9-6-5-7-10(18-2)12(9)19-3/h5-7H,8H2,1-4H3,(H,14,17). The fraction of sp³-hybridized carbons (Fsp3) is 0.385. The van der Waals surface area contributed by atoms with Gasteiger partial charge in [0.15, 0.2) is 11.5 Å². The van der Waals surface area contributed by atoms with Crippen molar-refractivity contribution in [1.82, 2.24) is 10.4 Å². The lowest BCUT2D eigenvalue weighted by atomic mass is 10.1. The average Bonchev–Trinajstić information content (AvgIpc) is 2.50. The molecule has 1 aromatic carbocycles. The number of carbonyl (C=O) groups excluding carboxylic acids is 2. The molecular formula is C13H18N2O5. The Kier molecular flexibility index (Phi) is 5.79. The molecule has 0 saturated carbocycles. The van der Waals surface area contributed by atoms with Crippen LogP contribution >= 0.6 is 0 Å². The van der Waals surface area contributed by atoms with Crippen molar-refractivity contribution in [2.45, 2.75) is 0 Å². The van der Waals surface area contributed by atoms with Gasteiger partial charge < -0.3 is 14.8 Å². The molecule has 0 bridgehead atoms. The highest BCUT2D eigenvalue weighted by molar-refractivity contribution is 5.99. The molecule has 0 radical (unpaired) electrons. The third kappa shape index (κ3) is 3.61. The lowest BCUT2D eigenvalue weighted by Gasteiger charge is -2.15. The first-order valence-corrected chi connectivity index (χ1v) is 5.85. The van der Waals surface area contributed by atoms with Gasteiger partial charge in [0.05, 0.1) is 33.4 Å². The number of methoxy groups -OCH3 is 2. The Morgan fingerprint density at radius 3 is 2.45 bits per heavy atom. The van der Waals surface area contributed by atoms with Crippen LogP contribution in [0, 0.1) is 0 Å². The van der Waals surface area contributed by atoms with Gasteiger partial charge in [-0.25, -0.2) is 5.06 Å². The summed E-state index contributed by atoms with van der Waals surface area (Å²) in [5.41, 5.74) is 0.291. The van der Waals surface area contributed by atoms with Crippen LogP contribution in [0.1, 0.15) is 10.4 Å². The molecular weight excluding hydrogens is 264 g/mol. The van der Waals surface area contributed by atoms with Gasteiger partial charge in [0.2, 0.25) is 0 Å². The van der Waals surface area contributed by atoms with E-state index in [1.54, 1.807) is 18.2 Å². The number of hydrogen-bond donors (Lipinski definition) is 1. The molecule has 0 atom stereocenters. The highest BCUT2D eigenvalue weighted by Gasteiger charge is 2.17. The van der Waals surface area contributed by atoms with Crippen molar-refractivity contribution in [3.63, 3.8) is 0 Å². The zero-order valence-corrected chi connectivity index (χ0v) is 11.9. The lowest BCUT2D eigenvalue weighted by molar-refractivity contribution is -0.167. The van der Waals surface area contributed by atoms with E-state index in [1.165, 1.54) is 28.4 Å². The van der Waals surface area contributed by atoms with Crippen LogP contribution in [0.3, 0.4) is 0 Å². The minimum atomic E-state index is -0.432. The maximum Gasteiger partial charge on any atom is 0.265 e. The van der Waals surface area contributed by atoms with E-state index >= 15 is 0 Å². The van der Waals surface area contributed by atoms with Crippen LogP contribution < -0.4 is 14.8 Å². The summed E-state index contributed by atoms with van der Waals surface area (Å²) in [7, 11) is 5.75. The number of amides is 2. The first-order chi connectivity index (χ1) is 9.54. The summed E-state index contributed by atoms with van der Waals surface area (Å²) >= 11 is 0. The van der Waals surface area contributed by atoms with Crippen molar-refractivity contribution in [3.05, 3.63) is 23.8 Å². The zero-order valence-electron chi connectivity index (χ0n) is 11.9. The molecule has 110 valence electrons. The number of nitrogens with zero attached hydrogens (tertiary/aromatic N) is 1. The Morgan fingerprint density at radius 2 is 1.90 bits per heavy atom. The van der Waals surface area contributed by atoms with E-state index in [4.69, 9.17) is 14.3 Å². The second kappa shape index (κ2) is 7.34. The van der Waals surface area contributed by atoms with Crippen LogP contribution in [0.2, 0.25) is 0 Å². The van der Waals surface area contributed by atoms with Crippen LogP contribution in [0.4, 0.5) is 0 Å². The second-order valence-electron chi connectivity index (χ2n) is 3.80. The lowest BCUT2D eigenvalue weighted by Crippen LogP contribution is -2.37. The fourth-order valence-electron chi connectivity index (χ4n) is 1.53. The van der Waals surface area contributed by atoms with E-state index in [0.717, 1.165) is 5.06 Å². The number of hydroxylamine groups is 2. The zero-order chi connectivity index (χ0) is 15.1. The monoisotopic (exact) mass is 282 g/mol. The Hall–Kier alpha value is -2.28. The van der Waals surface area contributed by atoms with Crippen LogP contribution in [0.15, 0.2) is 18.2 Å². The van der Waals surface area contributed by atoms with Crippen LogP contribution in [-0.4, -0.2) is 51.8 Å². The molecule has 0 heterocycles. The predicted molar refractivity (Wildman–Crippen MR) is 71.7 cm³/mol. The average molecular weight is 282 g/mol. The van der Waals surface area contributed by atoms with E-state index in [2.05, 4.69) is 5.32 Å². The number of rotatable bonds is 6. The minimum Gasteiger partial charge on any atom is -0.493 e. The van der Waals surface area contributed by atoms with Crippen molar-refractivity contribution in [1.29, 1.82) is 0 Å². The molecule has 2 amide bonds. The molecule has 1 rings (SSSR count). The Labute approximate surface area is 117 Å². The smallest absolute Gasteiger partial charge is 0.265 e. The van der Waals surface area contributed by atoms with Crippen LogP contribution in [0.25, 0.3) is 0 Å². The highest BCUT2D eigenvalue weighted by atomic mass is 16.7. The molecule has 20 heavy (non-hydrogen) atoms. The third-order valence-electron chi connectivity index (χ3n) is 2.67. The summed E-state index contributed by atoms with van der Waals surface area (Å²) in [5, 5.41) is 3.53. The number of benzene rings is 1. The maximum atomic E-state index is 12.0. The topological polar surface area (TPSA) is 77.1 Å². The first-order valence-electron chi connectivity index (χ1n) is 5.85. The summed E-state index contributed by atoms with van der Waals surface area (Å²) in [6.45, 7) is -0.177. The predicted octanol–water partition coefficient (Wildman–Crippen LogP) is 0.453. The molecule has 0 fully saturated rings. The van der Waals surface area contributed by atoms with E-state index in [9.17, 15) is 9.59 Å². The van der Waals surface area contributed by atoms with Crippen molar-refractivity contribution >= 4 is 11.8 Å². The van der Waals surface area contributed by atoms with Crippen molar-refractivity contribution in [3.8, 4) is 11.5 Å². The van der Waals surface area contributed by atoms with E-state index in [1.807, 2.05) is 0 Å². The second-order valence-corrected chi connectivity index (χ2v) is 3.80. The van der Waals surface area contributed by atoms with Gasteiger partial charge in [0, 0.05) is 7.05 Å². The van der Waals surface area contributed by atoms with Crippen LogP contribution in [0.5, 0.6) is 11.5 Å². The number of hydrogen-bond acceptors (Lipinski definition) is 5. The quantitative estimate of drug-likeness (QED) is 0.767. The number of likely N-dealkylation sites (N-methyl/N-ethyl adjacent to an activating group) is 1. The summed E-state index contributed by atoms with van der Waals surface area (Å²) in [4.78, 5) is 28.3. The highest BCUT2D eigenvalue weighted by Crippen LogP contribution is 2.30. The number of nitrogens with one attached hydrogen (secondary N) is 1. The van der Waals surface area contributed by atoms with E-state index in [0.29, 0.717) is 17.1 Å². The van der Waals surface area contributed by atoms with Gasteiger partial charge in [0.25, 0.3) is 11.8 Å². The van der Waals surface area contributed by atoms with E-state index in [-0.39, 0.29) is 12.5 Å². The van der Waals surface area contributed by atoms with Gasteiger partial charge in [-0.2, -0.15) is 0 Å². The van der Waals surface area contributed by atoms with Crippen LogP contribution in [-0.2, 0) is 9.63 Å². The molecule has 0 aromatic heterocycles. The van der Waals surface area contributed by atoms with Gasteiger partial charge in [-0.15, -0.1) is 0 Å². The molecule has 0 spiro atoms. The van der Waals surface area contributed by atoms with Crippen molar-refractivity contribution in [2.75, 3.05) is 34.9 Å². The van der Waals surface area contributed by atoms with Gasteiger partial charge >= 0.3 is 0 Å². The molecule has 7 nitrogen and oxygen atoms in total. The Bertz CT molecular complexity index is 490. The van der Waals surface area contributed by atoms with Gasteiger partial charge in [-0.05, 0) is 12.1 Å². The number of para-hydroxylation sites is 1. The molecule has 0 aliphatic heterocycles. The molecule has 0 aliphatic rings. The van der Waals surface area contributed by atoms with Gasteiger partial charge in [0.1, 0.15) is 0 Å². The van der Waals surface area contributed by atoms with Gasteiger partial charge in [-0.1, -0.05) is 6.07 Å². The normalized spacial score (nSPS) is 9.80. The summed E-state index contributed by atoms with van der Waals surface area (Å²) < 4.78 is 10.3. The molecule has 0 aliphatic carbocycles. The maximum absolute atomic E-state index is 12.0. The fourth-order valence-corrected chi connectivity index (χ4v) is 1.53. The van der Waals surface area contributed by atoms with Crippen molar-refractivity contribution < 1.29 is 23.9 Å². The first kappa shape index (κ1) is 15.8. The number of carbonyl (C=O) groups is 2. The molecule has 0 saturated heterocycles. The SMILES string of the molecule is COc1cccc(C(=O)NCC(=O)N(C)OC)c1OC. The molecule has 1 N–H and O–H groups in total.